The molecule has 2 aromatic carbocycles. The molecule has 1 aliphatic carbocycles. The molecule has 0 unspecified atom stereocenters. The summed E-state index contributed by atoms with van der Waals surface area (Å²) in [5, 5.41) is 0. The summed E-state index contributed by atoms with van der Waals surface area (Å²) in [4.78, 5) is 0. The standard InChI is InChI=1S/C28H34/c1-2-3-22-28(27-18-12-4-5-13-19-27,23-20-25-14-8-6-9-15-25)24-21-26-16-10-7-11-17-26/h6-11,14-17,20-21,23-24H,1-5,12-13,18-19,22H2. The Kier molecular flexibility index (Phi) is 8.15. The largest absolute Gasteiger partial charge is 0.0734 e. The lowest BCUT2D eigenvalue weighted by atomic mass is 9.68. The minimum absolute atomic E-state index is 0.0354. The SMILES string of the molecule is [CH2]CCCC(C=Cc1ccccc1)(C=Cc1ccccc1)[C]1CCCCCC1. The van der Waals surface area contributed by atoms with Gasteiger partial charge >= 0.3 is 0 Å². The van der Waals surface area contributed by atoms with E-state index < -0.39 is 0 Å². The van der Waals surface area contributed by atoms with E-state index in [-0.39, 0.29) is 5.41 Å². The van der Waals surface area contributed by atoms with E-state index in [4.69, 9.17) is 0 Å². The molecular weight excluding hydrogens is 336 g/mol. The smallest absolute Gasteiger partial charge is 0.0130 e. The van der Waals surface area contributed by atoms with Crippen LogP contribution in [0.3, 0.4) is 0 Å². The quantitative estimate of drug-likeness (QED) is 0.410. The van der Waals surface area contributed by atoms with Gasteiger partial charge in [0, 0.05) is 5.41 Å². The molecule has 28 heavy (non-hydrogen) atoms. The van der Waals surface area contributed by atoms with Crippen LogP contribution in [-0.2, 0) is 0 Å². The number of allylic oxidation sites excluding steroid dienone is 2. The number of hydrogen-bond acceptors (Lipinski definition) is 0. The first-order chi connectivity index (χ1) is 13.8. The van der Waals surface area contributed by atoms with E-state index in [0.717, 1.165) is 19.3 Å². The zero-order valence-corrected chi connectivity index (χ0v) is 17.2. The van der Waals surface area contributed by atoms with E-state index >= 15 is 0 Å². The van der Waals surface area contributed by atoms with Crippen molar-refractivity contribution < 1.29 is 0 Å². The van der Waals surface area contributed by atoms with E-state index in [1.165, 1.54) is 49.7 Å². The molecule has 0 aliphatic heterocycles. The van der Waals surface area contributed by atoms with Crippen molar-refractivity contribution in [2.75, 3.05) is 0 Å². The molecule has 0 nitrogen and oxygen atoms in total. The molecule has 0 saturated heterocycles. The lowest BCUT2D eigenvalue weighted by molar-refractivity contribution is 0.409. The van der Waals surface area contributed by atoms with Gasteiger partial charge in [0.25, 0.3) is 0 Å². The number of unbranched alkanes of at least 4 members (excludes halogenated alkanes) is 1. The van der Waals surface area contributed by atoms with Crippen LogP contribution in [0.4, 0.5) is 0 Å². The van der Waals surface area contributed by atoms with Crippen molar-refractivity contribution in [3.63, 3.8) is 0 Å². The summed E-state index contributed by atoms with van der Waals surface area (Å²) < 4.78 is 0. The van der Waals surface area contributed by atoms with Gasteiger partial charge in [-0.2, -0.15) is 0 Å². The molecule has 1 fully saturated rings. The number of hydrogen-bond donors (Lipinski definition) is 0. The van der Waals surface area contributed by atoms with Crippen molar-refractivity contribution in [1.82, 2.24) is 0 Å². The van der Waals surface area contributed by atoms with Crippen LogP contribution in [0, 0.1) is 18.3 Å². The Hall–Kier alpha value is -2.08. The summed E-state index contributed by atoms with van der Waals surface area (Å²) in [5.41, 5.74) is 2.60. The first-order valence-corrected chi connectivity index (χ1v) is 11.0. The van der Waals surface area contributed by atoms with E-state index in [1.807, 2.05) is 0 Å². The second kappa shape index (κ2) is 11.1. The van der Waals surface area contributed by atoms with Crippen molar-refractivity contribution in [2.45, 2.75) is 57.8 Å². The minimum Gasteiger partial charge on any atom is -0.0734 e. The van der Waals surface area contributed by atoms with Crippen LogP contribution in [0.25, 0.3) is 12.2 Å². The third kappa shape index (κ3) is 5.96. The van der Waals surface area contributed by atoms with Crippen LogP contribution in [0.1, 0.15) is 68.9 Å². The molecule has 0 atom stereocenters. The monoisotopic (exact) mass is 370 g/mol. The summed E-state index contributed by atoms with van der Waals surface area (Å²) in [7, 11) is 0. The first kappa shape index (κ1) is 20.6. The molecule has 0 N–H and O–H groups in total. The molecule has 1 saturated carbocycles. The molecule has 1 aliphatic rings. The van der Waals surface area contributed by atoms with E-state index in [1.54, 1.807) is 5.92 Å². The maximum absolute atomic E-state index is 4.13. The Morgan fingerprint density at radius 1 is 0.714 bits per heavy atom. The highest BCUT2D eigenvalue weighted by molar-refractivity contribution is 5.56. The summed E-state index contributed by atoms with van der Waals surface area (Å²) in [6.45, 7) is 4.13. The molecule has 0 heteroatoms. The highest BCUT2D eigenvalue weighted by atomic mass is 14.4. The van der Waals surface area contributed by atoms with Gasteiger partial charge in [0.05, 0.1) is 0 Å². The van der Waals surface area contributed by atoms with Gasteiger partial charge < -0.3 is 0 Å². The Balaban J connectivity index is 1.96. The fourth-order valence-corrected chi connectivity index (χ4v) is 4.29. The van der Waals surface area contributed by atoms with E-state index in [2.05, 4.69) is 91.9 Å². The maximum Gasteiger partial charge on any atom is 0.0130 e. The second-order valence-electron chi connectivity index (χ2n) is 8.00. The molecule has 146 valence electrons. The van der Waals surface area contributed by atoms with Gasteiger partial charge in [0.1, 0.15) is 0 Å². The predicted molar refractivity (Wildman–Crippen MR) is 124 cm³/mol. The molecule has 3 rings (SSSR count). The molecule has 0 bridgehead atoms. The van der Waals surface area contributed by atoms with Crippen molar-refractivity contribution in [2.24, 2.45) is 5.41 Å². The normalized spacial score (nSPS) is 18.3. The Morgan fingerprint density at radius 3 is 1.68 bits per heavy atom. The van der Waals surface area contributed by atoms with Crippen LogP contribution < -0.4 is 0 Å². The number of rotatable bonds is 8. The third-order valence-electron chi connectivity index (χ3n) is 5.95. The Labute approximate surface area is 172 Å². The second-order valence-corrected chi connectivity index (χ2v) is 8.00. The summed E-state index contributed by atoms with van der Waals surface area (Å²) in [6, 6.07) is 21.4. The van der Waals surface area contributed by atoms with Gasteiger partial charge in [0.15, 0.2) is 0 Å². The van der Waals surface area contributed by atoms with Crippen molar-refractivity contribution in [3.05, 3.63) is 96.8 Å². The van der Waals surface area contributed by atoms with Gasteiger partial charge in [-0.15, -0.1) is 0 Å². The van der Waals surface area contributed by atoms with Crippen molar-refractivity contribution >= 4 is 12.2 Å². The van der Waals surface area contributed by atoms with Gasteiger partial charge in [-0.1, -0.05) is 130 Å². The topological polar surface area (TPSA) is 0 Å². The zero-order valence-electron chi connectivity index (χ0n) is 17.2. The summed E-state index contributed by atoms with van der Waals surface area (Å²) >= 11 is 0. The highest BCUT2D eigenvalue weighted by Crippen LogP contribution is 2.46. The van der Waals surface area contributed by atoms with Gasteiger partial charge in [-0.3, -0.25) is 0 Å². The maximum atomic E-state index is 4.13. The van der Waals surface area contributed by atoms with Crippen LogP contribution >= 0.6 is 0 Å². The Bertz CT molecular complexity index is 666. The lowest BCUT2D eigenvalue weighted by Gasteiger charge is -2.36. The van der Waals surface area contributed by atoms with Crippen LogP contribution in [0.15, 0.2) is 72.8 Å². The van der Waals surface area contributed by atoms with Gasteiger partial charge in [-0.05, 0) is 36.3 Å². The van der Waals surface area contributed by atoms with Crippen LogP contribution in [0.5, 0.6) is 0 Å². The van der Waals surface area contributed by atoms with Crippen molar-refractivity contribution in [1.29, 1.82) is 0 Å². The van der Waals surface area contributed by atoms with Crippen molar-refractivity contribution in [3.8, 4) is 0 Å². The van der Waals surface area contributed by atoms with E-state index in [0.29, 0.717) is 0 Å². The molecule has 0 amide bonds. The van der Waals surface area contributed by atoms with Gasteiger partial charge in [-0.25, -0.2) is 0 Å². The third-order valence-corrected chi connectivity index (χ3v) is 5.95. The molecule has 2 aromatic rings. The predicted octanol–water partition coefficient (Wildman–Crippen LogP) is 8.33. The summed E-state index contributed by atoms with van der Waals surface area (Å²) in [5.74, 6) is 1.72. The zero-order chi connectivity index (χ0) is 19.5. The fourth-order valence-electron chi connectivity index (χ4n) is 4.29. The number of benzene rings is 2. The summed E-state index contributed by atoms with van der Waals surface area (Å²) in [6.07, 6.45) is 20.9. The first-order valence-electron chi connectivity index (χ1n) is 11.0. The van der Waals surface area contributed by atoms with Crippen LogP contribution in [-0.4, -0.2) is 0 Å². The molecular formula is C28H34. The van der Waals surface area contributed by atoms with Crippen LogP contribution in [0.2, 0.25) is 0 Å². The molecule has 0 aromatic heterocycles. The fraction of sp³-hybridized carbons (Fsp3) is 0.357. The van der Waals surface area contributed by atoms with Gasteiger partial charge in [0.2, 0.25) is 0 Å². The molecule has 0 heterocycles. The molecule has 2 radical (unpaired) electrons. The molecule has 0 spiro atoms. The highest BCUT2D eigenvalue weighted by Gasteiger charge is 2.34. The average molecular weight is 371 g/mol. The minimum atomic E-state index is 0.0354. The van der Waals surface area contributed by atoms with E-state index in [9.17, 15) is 0 Å². The Morgan fingerprint density at radius 2 is 1.21 bits per heavy atom. The lowest BCUT2D eigenvalue weighted by Crippen LogP contribution is -2.25. The average Bonchev–Trinajstić information content (AvgIpc) is 3.05.